The van der Waals surface area contributed by atoms with Crippen LogP contribution in [-0.2, 0) is 9.13 Å². The van der Waals surface area contributed by atoms with Crippen LogP contribution in [0.1, 0.15) is 11.2 Å². The van der Waals surface area contributed by atoms with Crippen LogP contribution in [0.3, 0.4) is 0 Å². The second-order valence-electron chi connectivity index (χ2n) is 3.30. The molecule has 18 heavy (non-hydrogen) atoms. The van der Waals surface area contributed by atoms with Crippen LogP contribution in [0.25, 0.3) is 0 Å². The summed E-state index contributed by atoms with van der Waals surface area (Å²) in [6.45, 7) is 0. The minimum atomic E-state index is -5.18. The number of nitrogens with zero attached hydrogens (tertiary/aromatic N) is 1. The van der Waals surface area contributed by atoms with E-state index in [1.165, 1.54) is 18.3 Å². The van der Waals surface area contributed by atoms with Crippen LogP contribution >= 0.6 is 15.2 Å². The minimum absolute atomic E-state index is 0. The second-order valence-corrected chi connectivity index (χ2v) is 6.69. The van der Waals surface area contributed by atoms with Crippen LogP contribution < -0.4 is 34.5 Å². The van der Waals surface area contributed by atoms with Crippen molar-refractivity contribution >= 4 is 15.2 Å². The number of aliphatic hydroxyl groups excluding tert-OH is 1. The van der Waals surface area contributed by atoms with E-state index >= 15 is 0 Å². The molecule has 0 aliphatic heterocycles. The molecule has 3 unspecified atom stereocenters. The van der Waals surface area contributed by atoms with Gasteiger partial charge in [0.15, 0.2) is 5.85 Å². The zero-order chi connectivity index (χ0) is 13.3. The van der Waals surface area contributed by atoms with Gasteiger partial charge in [-0.25, -0.2) is 0 Å². The van der Waals surface area contributed by atoms with Crippen molar-refractivity contribution in [2.75, 3.05) is 0 Å². The summed E-state index contributed by atoms with van der Waals surface area (Å²) in [5, 5.41) is 9.31. The summed E-state index contributed by atoms with van der Waals surface area (Å²) in [6, 6.07) is 2.49. The summed E-state index contributed by atoms with van der Waals surface area (Å²) in [6.07, 6.45) is 2.29. The Labute approximate surface area is 125 Å². The minimum Gasteiger partial charge on any atom is -0.778 e. The van der Waals surface area contributed by atoms with E-state index in [1.54, 1.807) is 0 Å². The van der Waals surface area contributed by atoms with Gasteiger partial charge in [0, 0.05) is 12.4 Å². The molecular formula is C7H10NNaO7P2. The van der Waals surface area contributed by atoms with Crippen molar-refractivity contribution in [1.82, 2.24) is 4.98 Å². The molecule has 0 spiro atoms. The van der Waals surface area contributed by atoms with Crippen molar-refractivity contribution in [2.24, 2.45) is 0 Å². The van der Waals surface area contributed by atoms with E-state index in [1.807, 2.05) is 0 Å². The fourth-order valence-electron chi connectivity index (χ4n) is 1.26. The second kappa shape index (κ2) is 6.72. The first kappa shape index (κ1) is 18.4. The van der Waals surface area contributed by atoms with Crippen LogP contribution in [0.15, 0.2) is 24.5 Å². The third kappa shape index (κ3) is 4.83. The van der Waals surface area contributed by atoms with Crippen LogP contribution in [0, 0.1) is 0 Å². The standard InChI is InChI=1S/C7H11NO7P2.Na/c9-7(17(13,14)15)6(16(10,11)12)5-2-1-3-8-4-5;/h1-4,6-7,9H,(H2,10,11,12)(H2,13,14,15);/q;+1/p-1. The molecule has 0 saturated heterocycles. The Morgan fingerprint density at radius 1 is 1.28 bits per heavy atom. The van der Waals surface area contributed by atoms with Crippen molar-refractivity contribution in [2.45, 2.75) is 11.5 Å². The van der Waals surface area contributed by atoms with Gasteiger partial charge in [0.25, 0.3) is 0 Å². The predicted molar refractivity (Wildman–Crippen MR) is 54.9 cm³/mol. The fourth-order valence-corrected chi connectivity index (χ4v) is 3.70. The zero-order valence-electron chi connectivity index (χ0n) is 9.32. The van der Waals surface area contributed by atoms with Gasteiger partial charge in [0.2, 0.25) is 0 Å². The van der Waals surface area contributed by atoms with Gasteiger partial charge in [0.1, 0.15) is 7.60 Å². The van der Waals surface area contributed by atoms with Crippen molar-refractivity contribution in [1.29, 1.82) is 0 Å². The van der Waals surface area contributed by atoms with Crippen LogP contribution in [0.2, 0.25) is 0 Å². The third-order valence-electron chi connectivity index (χ3n) is 2.00. The van der Waals surface area contributed by atoms with Gasteiger partial charge in [-0.05, 0) is 11.6 Å². The Morgan fingerprint density at radius 3 is 2.17 bits per heavy atom. The molecule has 0 aliphatic rings. The van der Waals surface area contributed by atoms with Crippen LogP contribution in [-0.4, -0.2) is 30.6 Å². The molecule has 11 heteroatoms. The summed E-state index contributed by atoms with van der Waals surface area (Å²) < 4.78 is 21.9. The molecule has 1 aromatic heterocycles. The molecule has 0 fully saturated rings. The Bertz CT molecular complexity index is 472. The number of hydrogen-bond acceptors (Lipinski definition) is 5. The SMILES string of the molecule is O=P([O-])(O)C(c1cccnc1)C(O)P(=O)(O)O.[Na+]. The van der Waals surface area contributed by atoms with Crippen molar-refractivity contribution in [3.8, 4) is 0 Å². The first-order valence-electron chi connectivity index (χ1n) is 4.30. The van der Waals surface area contributed by atoms with Gasteiger partial charge in [0.05, 0.1) is 5.66 Å². The maximum Gasteiger partial charge on any atom is 1.00 e. The third-order valence-corrected chi connectivity index (χ3v) is 4.51. The first-order chi connectivity index (χ1) is 7.64. The normalized spacial score (nSPS) is 18.3. The molecule has 1 heterocycles. The fraction of sp³-hybridized carbons (Fsp3) is 0.286. The van der Waals surface area contributed by atoms with Gasteiger partial charge in [-0.15, -0.1) is 0 Å². The predicted octanol–water partition coefficient (Wildman–Crippen LogP) is -3.83. The molecule has 1 aromatic rings. The van der Waals surface area contributed by atoms with E-state index in [2.05, 4.69) is 4.98 Å². The largest absolute Gasteiger partial charge is 1.00 e. The van der Waals surface area contributed by atoms with Gasteiger partial charge < -0.3 is 29.2 Å². The Hall–Kier alpha value is 0.410. The molecule has 0 radical (unpaired) electrons. The van der Waals surface area contributed by atoms with E-state index in [0.29, 0.717) is 0 Å². The molecule has 4 N–H and O–H groups in total. The van der Waals surface area contributed by atoms with E-state index < -0.39 is 26.7 Å². The molecule has 1 rings (SSSR count). The van der Waals surface area contributed by atoms with Crippen LogP contribution in [0.5, 0.6) is 0 Å². The summed E-state index contributed by atoms with van der Waals surface area (Å²) >= 11 is 0. The van der Waals surface area contributed by atoms with Crippen molar-refractivity contribution < 1.29 is 63.4 Å². The summed E-state index contributed by atoms with van der Waals surface area (Å²) in [7, 11) is -10.3. The van der Waals surface area contributed by atoms with Crippen LogP contribution in [0.4, 0.5) is 0 Å². The van der Waals surface area contributed by atoms with E-state index in [0.717, 1.165) is 6.20 Å². The summed E-state index contributed by atoms with van der Waals surface area (Å²) in [5.74, 6) is -2.54. The van der Waals surface area contributed by atoms with E-state index in [-0.39, 0.29) is 35.1 Å². The topological polar surface area (TPSA) is 151 Å². The van der Waals surface area contributed by atoms with E-state index in [4.69, 9.17) is 14.7 Å². The molecule has 0 aromatic carbocycles. The zero-order valence-corrected chi connectivity index (χ0v) is 13.1. The Morgan fingerprint density at radius 2 is 1.83 bits per heavy atom. The quantitative estimate of drug-likeness (QED) is 0.326. The molecule has 96 valence electrons. The van der Waals surface area contributed by atoms with Gasteiger partial charge in [-0.1, -0.05) is 6.07 Å². The monoisotopic (exact) mass is 305 g/mol. The van der Waals surface area contributed by atoms with Gasteiger partial charge in [-0.2, -0.15) is 0 Å². The van der Waals surface area contributed by atoms with Crippen molar-refractivity contribution in [3.05, 3.63) is 30.1 Å². The molecule has 8 nitrogen and oxygen atoms in total. The summed E-state index contributed by atoms with van der Waals surface area (Å²) in [5.41, 5.74) is -2.32. The van der Waals surface area contributed by atoms with Gasteiger partial charge >= 0.3 is 37.2 Å². The van der Waals surface area contributed by atoms with E-state index in [9.17, 15) is 19.1 Å². The maximum absolute atomic E-state index is 11.1. The average Bonchev–Trinajstić information content (AvgIpc) is 2.15. The van der Waals surface area contributed by atoms with Gasteiger partial charge in [-0.3, -0.25) is 9.55 Å². The summed E-state index contributed by atoms with van der Waals surface area (Å²) in [4.78, 5) is 41.1. The number of aromatic nitrogens is 1. The number of hydrogen-bond donors (Lipinski definition) is 4. The molecule has 0 saturated carbocycles. The smallest absolute Gasteiger partial charge is 0.778 e. The molecule has 0 bridgehead atoms. The van der Waals surface area contributed by atoms with Crippen molar-refractivity contribution in [3.63, 3.8) is 0 Å². The molecule has 0 amide bonds. The number of aliphatic hydroxyl groups is 1. The molecular weight excluding hydrogens is 295 g/mol. The maximum atomic E-state index is 11.1. The number of pyridine rings is 1. The Balaban J connectivity index is 0.00000289. The molecule has 0 aliphatic carbocycles. The molecule has 3 atom stereocenters. The number of rotatable bonds is 4. The Kier molecular flexibility index (Phi) is 6.87. The average molecular weight is 305 g/mol. The first-order valence-corrected chi connectivity index (χ1v) is 7.63.